The molecule has 2 saturated carbocycles. The Bertz CT molecular complexity index is 404. The van der Waals surface area contributed by atoms with Crippen molar-refractivity contribution < 1.29 is 4.79 Å². The summed E-state index contributed by atoms with van der Waals surface area (Å²) < 4.78 is 0. The molecule has 4 rings (SSSR count). The summed E-state index contributed by atoms with van der Waals surface area (Å²) in [5, 5.41) is 7.01. The molecule has 2 heterocycles. The van der Waals surface area contributed by atoms with Crippen molar-refractivity contribution in [1.29, 1.82) is 0 Å². The fourth-order valence-corrected chi connectivity index (χ4v) is 5.93. The lowest BCUT2D eigenvalue weighted by molar-refractivity contribution is -0.123. The molecule has 0 spiro atoms. The lowest BCUT2D eigenvalue weighted by atomic mass is 9.83. The Hall–Kier alpha value is -0.280. The first-order chi connectivity index (χ1) is 10.2. The lowest BCUT2D eigenvalue weighted by Crippen LogP contribution is -2.43. The summed E-state index contributed by atoms with van der Waals surface area (Å²) in [5.41, 5.74) is 0. The van der Waals surface area contributed by atoms with Crippen molar-refractivity contribution in [3.63, 3.8) is 0 Å². The smallest absolute Gasteiger partial charge is 0.220 e. The number of halogens is 1. The van der Waals surface area contributed by atoms with Gasteiger partial charge in [0.05, 0.1) is 0 Å². The Morgan fingerprint density at radius 2 is 1.82 bits per heavy atom. The highest BCUT2D eigenvalue weighted by atomic mass is 35.5. The Labute approximate surface area is 140 Å². The third kappa shape index (κ3) is 3.31. The third-order valence-electron chi connectivity index (χ3n) is 6.87. The molecule has 2 saturated heterocycles. The number of rotatable bonds is 4. The molecule has 0 aromatic rings. The van der Waals surface area contributed by atoms with Gasteiger partial charge in [-0.25, -0.2) is 0 Å². The summed E-state index contributed by atoms with van der Waals surface area (Å²) in [6.45, 7) is 2.25. The van der Waals surface area contributed by atoms with Crippen LogP contribution in [-0.2, 0) is 4.79 Å². The van der Waals surface area contributed by atoms with E-state index in [9.17, 15) is 4.79 Å². The van der Waals surface area contributed by atoms with Crippen LogP contribution in [-0.4, -0.2) is 24.0 Å². The van der Waals surface area contributed by atoms with Gasteiger partial charge in [-0.05, 0) is 75.5 Å². The van der Waals surface area contributed by atoms with Crippen molar-refractivity contribution in [1.82, 2.24) is 10.6 Å². The van der Waals surface area contributed by atoms with Gasteiger partial charge in [-0.2, -0.15) is 0 Å². The molecule has 0 radical (unpaired) electrons. The zero-order valence-corrected chi connectivity index (χ0v) is 14.5. The van der Waals surface area contributed by atoms with Gasteiger partial charge in [0, 0.05) is 24.5 Å². The fourth-order valence-electron chi connectivity index (χ4n) is 5.93. The predicted molar refractivity (Wildman–Crippen MR) is 91.1 cm³/mol. The van der Waals surface area contributed by atoms with Gasteiger partial charge >= 0.3 is 0 Å². The lowest BCUT2D eigenvalue weighted by Gasteiger charge is -2.31. The second-order valence-electron chi connectivity index (χ2n) is 8.37. The van der Waals surface area contributed by atoms with E-state index in [4.69, 9.17) is 0 Å². The van der Waals surface area contributed by atoms with Gasteiger partial charge < -0.3 is 10.6 Å². The van der Waals surface area contributed by atoms with Crippen LogP contribution < -0.4 is 10.6 Å². The summed E-state index contributed by atoms with van der Waals surface area (Å²) >= 11 is 0. The van der Waals surface area contributed by atoms with Gasteiger partial charge in [-0.3, -0.25) is 4.79 Å². The quantitative estimate of drug-likeness (QED) is 0.832. The van der Waals surface area contributed by atoms with Gasteiger partial charge in [-0.15, -0.1) is 12.4 Å². The van der Waals surface area contributed by atoms with E-state index in [1.54, 1.807) is 0 Å². The van der Waals surface area contributed by atoms with Crippen molar-refractivity contribution in [2.24, 2.45) is 23.7 Å². The zero-order chi connectivity index (χ0) is 14.4. The molecule has 6 unspecified atom stereocenters. The Morgan fingerprint density at radius 3 is 2.41 bits per heavy atom. The maximum absolute atomic E-state index is 12.4. The molecule has 0 aromatic carbocycles. The van der Waals surface area contributed by atoms with Crippen LogP contribution in [0.15, 0.2) is 0 Å². The van der Waals surface area contributed by atoms with Crippen LogP contribution in [0, 0.1) is 23.7 Å². The molecule has 4 bridgehead atoms. The number of piperidine rings is 1. The maximum atomic E-state index is 12.4. The number of carbonyl (C=O) groups is 1. The van der Waals surface area contributed by atoms with Crippen LogP contribution in [0.5, 0.6) is 0 Å². The summed E-state index contributed by atoms with van der Waals surface area (Å²) in [6.07, 6.45) is 11.5. The van der Waals surface area contributed by atoms with Crippen molar-refractivity contribution in [3.8, 4) is 0 Å². The van der Waals surface area contributed by atoms with Gasteiger partial charge in [0.15, 0.2) is 0 Å². The van der Waals surface area contributed by atoms with E-state index in [0.29, 0.717) is 30.0 Å². The molecule has 4 aliphatic rings. The average molecular weight is 327 g/mol. The summed E-state index contributed by atoms with van der Waals surface area (Å²) in [4.78, 5) is 12.4. The van der Waals surface area contributed by atoms with Crippen LogP contribution in [0.25, 0.3) is 0 Å². The second-order valence-corrected chi connectivity index (χ2v) is 8.37. The van der Waals surface area contributed by atoms with E-state index in [1.807, 2.05) is 0 Å². The van der Waals surface area contributed by atoms with Gasteiger partial charge in [0.25, 0.3) is 0 Å². The van der Waals surface area contributed by atoms with Gasteiger partial charge in [0.2, 0.25) is 5.91 Å². The SMILES string of the molecule is CC(NC(=O)CC1CC2CCC(C1)N2)C1CC2CCC1C2.Cl. The van der Waals surface area contributed by atoms with Crippen molar-refractivity contribution in [2.75, 3.05) is 0 Å². The molecule has 2 aliphatic heterocycles. The van der Waals surface area contributed by atoms with Crippen LogP contribution in [0.4, 0.5) is 0 Å². The largest absolute Gasteiger partial charge is 0.353 e. The van der Waals surface area contributed by atoms with Crippen molar-refractivity contribution in [2.45, 2.75) is 82.8 Å². The normalized spacial score (nSPS) is 43.7. The third-order valence-corrected chi connectivity index (χ3v) is 6.87. The Kier molecular flexibility index (Phi) is 5.04. The van der Waals surface area contributed by atoms with Gasteiger partial charge in [-0.1, -0.05) is 6.42 Å². The minimum absolute atomic E-state index is 0. The first kappa shape index (κ1) is 16.6. The monoisotopic (exact) mass is 326 g/mol. The summed E-state index contributed by atoms with van der Waals surface area (Å²) in [5.74, 6) is 3.57. The standard InChI is InChI=1S/C18H30N2O.ClH/c1-11(17-9-12-2-3-14(17)6-12)19-18(21)10-13-7-15-4-5-16(8-13)20-15;/h11-17,20H,2-10H2,1H3,(H,19,21);1H. The Balaban J connectivity index is 0.00000144. The molecular weight excluding hydrogens is 296 g/mol. The molecule has 4 heteroatoms. The number of nitrogens with one attached hydrogen (secondary N) is 2. The van der Waals surface area contributed by atoms with Crippen molar-refractivity contribution in [3.05, 3.63) is 0 Å². The highest BCUT2D eigenvalue weighted by Crippen LogP contribution is 2.49. The van der Waals surface area contributed by atoms with E-state index in [-0.39, 0.29) is 12.4 Å². The molecule has 22 heavy (non-hydrogen) atoms. The van der Waals surface area contributed by atoms with Crippen molar-refractivity contribution >= 4 is 18.3 Å². The molecule has 2 N–H and O–H groups in total. The first-order valence-electron chi connectivity index (χ1n) is 9.22. The van der Waals surface area contributed by atoms with E-state index < -0.39 is 0 Å². The molecule has 6 atom stereocenters. The highest BCUT2D eigenvalue weighted by molar-refractivity contribution is 5.85. The number of amides is 1. The summed E-state index contributed by atoms with van der Waals surface area (Å²) in [6, 6.07) is 1.79. The highest BCUT2D eigenvalue weighted by Gasteiger charge is 2.42. The van der Waals surface area contributed by atoms with E-state index in [1.165, 1.54) is 51.4 Å². The minimum atomic E-state index is 0. The maximum Gasteiger partial charge on any atom is 0.220 e. The van der Waals surface area contributed by atoms with E-state index >= 15 is 0 Å². The number of hydrogen-bond acceptors (Lipinski definition) is 2. The molecule has 2 aliphatic carbocycles. The number of fused-ring (bicyclic) bond motifs is 4. The molecule has 0 aromatic heterocycles. The first-order valence-corrected chi connectivity index (χ1v) is 9.22. The fraction of sp³-hybridized carbons (Fsp3) is 0.944. The molecule has 126 valence electrons. The Morgan fingerprint density at radius 1 is 1.09 bits per heavy atom. The molecule has 4 fully saturated rings. The average Bonchev–Trinajstić information content (AvgIpc) is 3.14. The topological polar surface area (TPSA) is 41.1 Å². The molecule has 3 nitrogen and oxygen atoms in total. The van der Waals surface area contributed by atoms with Crippen LogP contribution in [0.2, 0.25) is 0 Å². The summed E-state index contributed by atoms with van der Waals surface area (Å²) in [7, 11) is 0. The van der Waals surface area contributed by atoms with E-state index in [0.717, 1.165) is 24.2 Å². The molecule has 1 amide bonds. The van der Waals surface area contributed by atoms with Crippen LogP contribution in [0.1, 0.15) is 64.7 Å². The predicted octanol–water partition coefficient (Wildman–Crippen LogP) is 3.27. The van der Waals surface area contributed by atoms with Gasteiger partial charge in [0.1, 0.15) is 0 Å². The van der Waals surface area contributed by atoms with E-state index in [2.05, 4.69) is 17.6 Å². The molecular formula is C18H31ClN2O. The number of hydrogen-bond donors (Lipinski definition) is 2. The minimum Gasteiger partial charge on any atom is -0.353 e. The second kappa shape index (κ2) is 6.68. The number of carbonyl (C=O) groups excluding carboxylic acids is 1. The zero-order valence-electron chi connectivity index (χ0n) is 13.7. The van der Waals surface area contributed by atoms with Crippen LogP contribution >= 0.6 is 12.4 Å². The van der Waals surface area contributed by atoms with Crippen LogP contribution in [0.3, 0.4) is 0 Å².